The molecule has 0 bridgehead atoms. The maximum absolute atomic E-state index is 11.1. The van der Waals surface area contributed by atoms with E-state index in [0.717, 1.165) is 24.8 Å². The van der Waals surface area contributed by atoms with Crippen LogP contribution in [-0.4, -0.2) is 19.0 Å². The second-order valence-corrected chi connectivity index (χ2v) is 4.38. The van der Waals surface area contributed by atoms with Crippen molar-refractivity contribution in [3.63, 3.8) is 0 Å². The molecular weight excluding hydrogens is 232 g/mol. The van der Waals surface area contributed by atoms with Crippen LogP contribution in [0.5, 0.6) is 5.75 Å². The minimum absolute atomic E-state index is 0.164. The Morgan fingerprint density at radius 3 is 3.00 bits per heavy atom. The predicted molar refractivity (Wildman–Crippen MR) is 65.4 cm³/mol. The molecule has 0 fully saturated rings. The second kappa shape index (κ2) is 5.67. The molecule has 0 radical (unpaired) electrons. The van der Waals surface area contributed by atoms with Crippen LogP contribution < -0.4 is 4.74 Å². The normalized spacial score (nSPS) is 13.1. The third-order valence-corrected chi connectivity index (χ3v) is 3.01. The molecule has 1 aromatic rings. The molecule has 1 aliphatic heterocycles. The fourth-order valence-electron chi connectivity index (χ4n) is 2.04. The number of benzene rings is 1. The van der Waals surface area contributed by atoms with Gasteiger partial charge in [-0.1, -0.05) is 12.1 Å². The maximum Gasteiger partial charge on any atom is 0.315 e. The lowest BCUT2D eigenvalue weighted by atomic mass is 10.0. The summed E-state index contributed by atoms with van der Waals surface area (Å²) in [6.45, 7) is 0. The van der Waals surface area contributed by atoms with E-state index in [0.29, 0.717) is 18.6 Å². The average molecular weight is 248 g/mol. The van der Waals surface area contributed by atoms with Gasteiger partial charge in [0.05, 0.1) is 13.5 Å². The van der Waals surface area contributed by atoms with E-state index < -0.39 is 0 Å². The van der Waals surface area contributed by atoms with E-state index >= 15 is 0 Å². The number of rotatable bonds is 5. The third kappa shape index (κ3) is 3.09. The summed E-state index contributed by atoms with van der Waals surface area (Å²) >= 11 is 0. The number of carbonyl (C=O) groups excluding carboxylic acids is 2. The molecular formula is C14H16O4. The Bertz CT molecular complexity index is 465. The Balaban J connectivity index is 1.82. The number of unbranched alkanes of at least 4 members (excludes halogenated alkanes) is 1. The van der Waals surface area contributed by atoms with Crippen molar-refractivity contribution < 1.29 is 19.1 Å². The summed E-state index contributed by atoms with van der Waals surface area (Å²) in [5.41, 5.74) is 2.14. The monoisotopic (exact) mass is 248 g/mol. The van der Waals surface area contributed by atoms with Crippen molar-refractivity contribution in [2.24, 2.45) is 0 Å². The van der Waals surface area contributed by atoms with E-state index in [9.17, 15) is 9.59 Å². The predicted octanol–water partition coefficient (Wildman–Crippen LogP) is 2.03. The van der Waals surface area contributed by atoms with E-state index in [-0.39, 0.29) is 11.9 Å². The van der Waals surface area contributed by atoms with Gasteiger partial charge in [0.15, 0.2) is 0 Å². The highest BCUT2D eigenvalue weighted by atomic mass is 16.5. The SMILES string of the molecule is COC(=O)CCCCc1ccc2c(c1)CC(=O)O2. The first-order chi connectivity index (χ1) is 8.69. The van der Waals surface area contributed by atoms with Crippen molar-refractivity contribution in [3.05, 3.63) is 29.3 Å². The van der Waals surface area contributed by atoms with E-state index in [1.54, 1.807) is 0 Å². The van der Waals surface area contributed by atoms with Gasteiger partial charge in [-0.3, -0.25) is 9.59 Å². The number of carbonyl (C=O) groups is 2. The van der Waals surface area contributed by atoms with Crippen LogP contribution in [0, 0.1) is 0 Å². The lowest BCUT2D eigenvalue weighted by Crippen LogP contribution is -2.00. The van der Waals surface area contributed by atoms with E-state index in [2.05, 4.69) is 4.74 Å². The molecule has 0 spiro atoms. The van der Waals surface area contributed by atoms with Gasteiger partial charge < -0.3 is 9.47 Å². The Labute approximate surface area is 106 Å². The zero-order valence-electron chi connectivity index (χ0n) is 10.4. The Morgan fingerprint density at radius 1 is 1.39 bits per heavy atom. The van der Waals surface area contributed by atoms with Gasteiger partial charge in [0.2, 0.25) is 0 Å². The van der Waals surface area contributed by atoms with Crippen molar-refractivity contribution in [1.82, 2.24) is 0 Å². The number of methoxy groups -OCH3 is 1. The first kappa shape index (κ1) is 12.6. The summed E-state index contributed by atoms with van der Waals surface area (Å²) in [7, 11) is 1.40. The summed E-state index contributed by atoms with van der Waals surface area (Å²) < 4.78 is 9.62. The molecule has 4 nitrogen and oxygen atoms in total. The lowest BCUT2D eigenvalue weighted by molar-refractivity contribution is -0.140. The zero-order chi connectivity index (χ0) is 13.0. The van der Waals surface area contributed by atoms with Gasteiger partial charge in [0.25, 0.3) is 0 Å². The summed E-state index contributed by atoms with van der Waals surface area (Å²) in [6, 6.07) is 5.82. The third-order valence-electron chi connectivity index (χ3n) is 3.01. The standard InChI is InChI=1S/C14H16O4/c1-17-13(15)5-3-2-4-10-6-7-12-11(8-10)9-14(16)18-12/h6-8H,2-5,9H2,1H3. The van der Waals surface area contributed by atoms with Crippen LogP contribution in [0.3, 0.4) is 0 Å². The lowest BCUT2D eigenvalue weighted by Gasteiger charge is -2.03. The average Bonchev–Trinajstić information content (AvgIpc) is 2.73. The summed E-state index contributed by atoms with van der Waals surface area (Å²) in [6.07, 6.45) is 3.48. The van der Waals surface area contributed by atoms with Gasteiger partial charge in [-0.25, -0.2) is 0 Å². The molecule has 0 saturated heterocycles. The number of ether oxygens (including phenoxy) is 2. The molecule has 1 aliphatic rings. The molecule has 0 aromatic heterocycles. The van der Waals surface area contributed by atoms with Crippen molar-refractivity contribution in [1.29, 1.82) is 0 Å². The van der Waals surface area contributed by atoms with Crippen LogP contribution in [0.4, 0.5) is 0 Å². The molecule has 0 saturated carbocycles. The second-order valence-electron chi connectivity index (χ2n) is 4.38. The molecule has 1 aromatic carbocycles. The van der Waals surface area contributed by atoms with Crippen molar-refractivity contribution in [2.45, 2.75) is 32.1 Å². The minimum Gasteiger partial charge on any atom is -0.469 e. The van der Waals surface area contributed by atoms with Crippen molar-refractivity contribution in [3.8, 4) is 5.75 Å². The van der Waals surface area contributed by atoms with Gasteiger partial charge in [0.1, 0.15) is 5.75 Å². The minimum atomic E-state index is -0.187. The summed E-state index contributed by atoms with van der Waals surface area (Å²) in [4.78, 5) is 22.0. The van der Waals surface area contributed by atoms with Crippen LogP contribution >= 0.6 is 0 Å². The Hall–Kier alpha value is -1.84. The fraction of sp³-hybridized carbons (Fsp3) is 0.429. The highest BCUT2D eigenvalue weighted by molar-refractivity contribution is 5.81. The highest BCUT2D eigenvalue weighted by Gasteiger charge is 2.19. The summed E-state index contributed by atoms with van der Waals surface area (Å²) in [5.74, 6) is 0.328. The molecule has 4 heteroatoms. The molecule has 2 rings (SSSR count). The number of hydrogen-bond donors (Lipinski definition) is 0. The molecule has 1 heterocycles. The van der Waals surface area contributed by atoms with Crippen LogP contribution in [0.1, 0.15) is 30.4 Å². The molecule has 96 valence electrons. The molecule has 18 heavy (non-hydrogen) atoms. The maximum atomic E-state index is 11.1. The smallest absolute Gasteiger partial charge is 0.315 e. The molecule has 0 N–H and O–H groups in total. The number of hydrogen-bond acceptors (Lipinski definition) is 4. The van der Waals surface area contributed by atoms with E-state index in [1.807, 2.05) is 18.2 Å². The van der Waals surface area contributed by atoms with Crippen LogP contribution in [0.2, 0.25) is 0 Å². The molecule has 0 aliphatic carbocycles. The Kier molecular flexibility index (Phi) is 3.97. The zero-order valence-corrected chi connectivity index (χ0v) is 10.4. The van der Waals surface area contributed by atoms with Crippen LogP contribution in [0.25, 0.3) is 0 Å². The van der Waals surface area contributed by atoms with E-state index in [1.165, 1.54) is 12.7 Å². The van der Waals surface area contributed by atoms with Crippen molar-refractivity contribution in [2.75, 3.05) is 7.11 Å². The van der Waals surface area contributed by atoms with E-state index in [4.69, 9.17) is 4.74 Å². The van der Waals surface area contributed by atoms with Crippen molar-refractivity contribution >= 4 is 11.9 Å². The van der Waals surface area contributed by atoms with Gasteiger partial charge in [-0.2, -0.15) is 0 Å². The Morgan fingerprint density at radius 2 is 2.22 bits per heavy atom. The number of esters is 2. The first-order valence-corrected chi connectivity index (χ1v) is 6.08. The fourth-order valence-corrected chi connectivity index (χ4v) is 2.04. The van der Waals surface area contributed by atoms with Gasteiger partial charge in [-0.15, -0.1) is 0 Å². The highest BCUT2D eigenvalue weighted by Crippen LogP contribution is 2.27. The van der Waals surface area contributed by atoms with Gasteiger partial charge in [0, 0.05) is 12.0 Å². The first-order valence-electron chi connectivity index (χ1n) is 6.08. The number of aryl methyl sites for hydroxylation is 1. The van der Waals surface area contributed by atoms with Crippen LogP contribution in [-0.2, 0) is 27.2 Å². The van der Waals surface area contributed by atoms with Gasteiger partial charge >= 0.3 is 11.9 Å². The summed E-state index contributed by atoms with van der Waals surface area (Å²) in [5, 5.41) is 0. The molecule has 0 unspecified atom stereocenters. The number of fused-ring (bicyclic) bond motifs is 1. The molecule has 0 atom stereocenters. The quantitative estimate of drug-likeness (QED) is 0.454. The van der Waals surface area contributed by atoms with Gasteiger partial charge in [-0.05, 0) is 30.9 Å². The largest absolute Gasteiger partial charge is 0.469 e. The van der Waals surface area contributed by atoms with Crippen LogP contribution in [0.15, 0.2) is 18.2 Å². The topological polar surface area (TPSA) is 52.6 Å². The molecule has 0 amide bonds.